The van der Waals surface area contributed by atoms with E-state index in [1.165, 1.54) is 24.5 Å². The lowest BCUT2D eigenvalue weighted by Crippen LogP contribution is -2.14. The number of ether oxygens (including phenoxy) is 2. The van der Waals surface area contributed by atoms with E-state index in [4.69, 9.17) is 9.47 Å². The highest BCUT2D eigenvalue weighted by atomic mass is 19.1. The molecule has 0 aliphatic carbocycles. The number of aromatic nitrogens is 4. The van der Waals surface area contributed by atoms with Crippen LogP contribution < -0.4 is 14.8 Å². The Kier molecular flexibility index (Phi) is 7.02. The van der Waals surface area contributed by atoms with Gasteiger partial charge in [-0.3, -0.25) is 4.79 Å². The Labute approximate surface area is 195 Å². The van der Waals surface area contributed by atoms with Crippen LogP contribution in [-0.4, -0.2) is 32.4 Å². The normalized spacial score (nSPS) is 10.6. The number of hydrogen-bond acceptors (Lipinski definition) is 7. The van der Waals surface area contributed by atoms with Crippen molar-refractivity contribution in [3.8, 4) is 28.8 Å². The lowest BCUT2D eigenvalue weighted by molar-refractivity contribution is 0.102. The Hall–Kier alpha value is -4.40. The second kappa shape index (κ2) is 10.5. The monoisotopic (exact) mass is 459 g/mol. The minimum atomic E-state index is -0.683. The van der Waals surface area contributed by atoms with Crippen molar-refractivity contribution in [2.24, 2.45) is 0 Å². The smallest absolute Gasteiger partial charge is 0.258 e. The number of hydrogen-bond donors (Lipinski definition) is 1. The minimum Gasteiger partial charge on any atom is -0.494 e. The fraction of sp³-hybridized carbons (Fsp3) is 0.160. The van der Waals surface area contributed by atoms with Crippen LogP contribution in [0, 0.1) is 5.82 Å². The quantitative estimate of drug-likeness (QED) is 0.392. The van der Waals surface area contributed by atoms with E-state index in [0.717, 1.165) is 0 Å². The van der Waals surface area contributed by atoms with Crippen molar-refractivity contribution < 1.29 is 18.7 Å². The lowest BCUT2D eigenvalue weighted by Gasteiger charge is -2.12. The maximum atomic E-state index is 14.5. The number of carbonyl (C=O) groups is 1. The number of anilines is 1. The summed E-state index contributed by atoms with van der Waals surface area (Å²) in [4.78, 5) is 29.8. The molecular weight excluding hydrogens is 437 g/mol. The van der Waals surface area contributed by atoms with Crippen LogP contribution in [0.15, 0.2) is 67.1 Å². The third-order valence-corrected chi connectivity index (χ3v) is 4.75. The summed E-state index contributed by atoms with van der Waals surface area (Å²) < 4.78 is 25.9. The first kappa shape index (κ1) is 22.8. The summed E-state index contributed by atoms with van der Waals surface area (Å²) in [6, 6.07) is 14.3. The van der Waals surface area contributed by atoms with E-state index in [1.54, 1.807) is 42.6 Å². The van der Waals surface area contributed by atoms with Gasteiger partial charge in [-0.25, -0.2) is 24.3 Å². The van der Waals surface area contributed by atoms with Gasteiger partial charge in [-0.15, -0.1) is 0 Å². The first-order valence-corrected chi connectivity index (χ1v) is 10.7. The van der Waals surface area contributed by atoms with Gasteiger partial charge < -0.3 is 14.8 Å². The number of rotatable bonds is 8. The number of nitrogens with zero attached hydrogens (tertiary/aromatic N) is 4. The highest BCUT2D eigenvalue weighted by Gasteiger charge is 2.17. The topological polar surface area (TPSA) is 99.1 Å². The summed E-state index contributed by atoms with van der Waals surface area (Å²) in [5.41, 5.74) is 0.850. The standard InChI is InChI=1S/C25H22FN5O3/c1-3-22-28-15-29-23(31-22)19-9-6-12-27-25(19)34-18-10-11-21(26)20(14-18)24(32)30-16-7-5-8-17(13-16)33-4-2/h5-15H,3-4H2,1-2H3,(H,30,32). The Bertz CT molecular complexity index is 1320. The molecule has 0 fully saturated rings. The van der Waals surface area contributed by atoms with Crippen molar-refractivity contribution in [3.05, 3.63) is 84.3 Å². The highest BCUT2D eigenvalue weighted by molar-refractivity contribution is 6.04. The molecule has 4 aromatic rings. The van der Waals surface area contributed by atoms with Crippen molar-refractivity contribution in [1.29, 1.82) is 0 Å². The molecule has 0 bridgehead atoms. The van der Waals surface area contributed by atoms with Gasteiger partial charge in [0.15, 0.2) is 5.82 Å². The number of halogens is 1. The number of aryl methyl sites for hydroxylation is 1. The first-order valence-electron chi connectivity index (χ1n) is 10.7. The first-order chi connectivity index (χ1) is 16.6. The summed E-state index contributed by atoms with van der Waals surface area (Å²) in [6.45, 7) is 4.30. The van der Waals surface area contributed by atoms with Crippen molar-refractivity contribution in [1.82, 2.24) is 19.9 Å². The van der Waals surface area contributed by atoms with E-state index in [0.29, 0.717) is 41.7 Å². The molecule has 1 amide bonds. The van der Waals surface area contributed by atoms with Gasteiger partial charge in [0.05, 0.1) is 17.7 Å². The van der Waals surface area contributed by atoms with Crippen LogP contribution in [-0.2, 0) is 6.42 Å². The van der Waals surface area contributed by atoms with Gasteiger partial charge in [0.25, 0.3) is 5.91 Å². The number of carbonyl (C=O) groups excluding carboxylic acids is 1. The zero-order valence-electron chi connectivity index (χ0n) is 18.7. The van der Waals surface area contributed by atoms with Gasteiger partial charge in [0.2, 0.25) is 5.88 Å². The zero-order valence-corrected chi connectivity index (χ0v) is 18.7. The van der Waals surface area contributed by atoms with Crippen LogP contribution >= 0.6 is 0 Å². The van der Waals surface area contributed by atoms with Gasteiger partial charge >= 0.3 is 0 Å². The predicted molar refractivity (Wildman–Crippen MR) is 124 cm³/mol. The molecule has 2 aromatic carbocycles. The van der Waals surface area contributed by atoms with Crippen LogP contribution in [0.4, 0.5) is 10.1 Å². The number of benzene rings is 2. The van der Waals surface area contributed by atoms with Crippen LogP contribution in [0.1, 0.15) is 30.0 Å². The lowest BCUT2D eigenvalue weighted by atomic mass is 10.1. The van der Waals surface area contributed by atoms with E-state index >= 15 is 0 Å². The average molecular weight is 459 g/mol. The molecule has 9 heteroatoms. The fourth-order valence-electron chi connectivity index (χ4n) is 3.15. The second-order valence-electron chi connectivity index (χ2n) is 7.09. The van der Waals surface area contributed by atoms with Crippen molar-refractivity contribution in [3.63, 3.8) is 0 Å². The summed E-state index contributed by atoms with van der Waals surface area (Å²) in [6.07, 6.45) is 3.64. The van der Waals surface area contributed by atoms with E-state index < -0.39 is 11.7 Å². The maximum absolute atomic E-state index is 14.5. The van der Waals surface area contributed by atoms with Crippen molar-refractivity contribution >= 4 is 11.6 Å². The SMILES string of the molecule is CCOc1cccc(NC(=O)c2cc(Oc3ncccc3-c3ncnc(CC)n3)ccc2F)c1. The summed E-state index contributed by atoms with van der Waals surface area (Å²) in [7, 11) is 0. The number of pyridine rings is 1. The summed E-state index contributed by atoms with van der Waals surface area (Å²) >= 11 is 0. The Morgan fingerprint density at radius 1 is 1.00 bits per heavy atom. The van der Waals surface area contributed by atoms with E-state index in [1.807, 2.05) is 13.8 Å². The fourth-order valence-corrected chi connectivity index (χ4v) is 3.15. The van der Waals surface area contributed by atoms with E-state index in [-0.39, 0.29) is 17.2 Å². The molecule has 4 rings (SSSR count). The Morgan fingerprint density at radius 2 is 1.88 bits per heavy atom. The molecule has 0 saturated carbocycles. The molecule has 0 spiro atoms. The predicted octanol–water partition coefficient (Wildman–Crippen LogP) is 5.08. The van der Waals surface area contributed by atoms with Crippen LogP contribution in [0.2, 0.25) is 0 Å². The third-order valence-electron chi connectivity index (χ3n) is 4.75. The molecule has 2 heterocycles. The molecule has 0 unspecified atom stereocenters. The molecule has 8 nitrogen and oxygen atoms in total. The molecule has 0 aliphatic heterocycles. The van der Waals surface area contributed by atoms with Gasteiger partial charge in [-0.05, 0) is 49.4 Å². The molecule has 0 saturated heterocycles. The van der Waals surface area contributed by atoms with Crippen LogP contribution in [0.3, 0.4) is 0 Å². The molecular formula is C25H22FN5O3. The zero-order chi connectivity index (χ0) is 23.9. The summed E-state index contributed by atoms with van der Waals surface area (Å²) in [5, 5.41) is 2.68. The molecule has 0 atom stereocenters. The highest BCUT2D eigenvalue weighted by Crippen LogP contribution is 2.30. The molecule has 0 radical (unpaired) electrons. The Morgan fingerprint density at radius 3 is 2.71 bits per heavy atom. The average Bonchev–Trinajstić information content (AvgIpc) is 2.86. The van der Waals surface area contributed by atoms with E-state index in [2.05, 4.69) is 25.3 Å². The van der Waals surface area contributed by atoms with E-state index in [9.17, 15) is 9.18 Å². The molecule has 1 N–H and O–H groups in total. The van der Waals surface area contributed by atoms with Crippen molar-refractivity contribution in [2.45, 2.75) is 20.3 Å². The Balaban J connectivity index is 1.59. The molecule has 34 heavy (non-hydrogen) atoms. The minimum absolute atomic E-state index is 0.176. The van der Waals surface area contributed by atoms with Crippen LogP contribution in [0.5, 0.6) is 17.4 Å². The van der Waals surface area contributed by atoms with Crippen molar-refractivity contribution in [2.75, 3.05) is 11.9 Å². The van der Waals surface area contributed by atoms with Gasteiger partial charge in [-0.2, -0.15) is 0 Å². The largest absolute Gasteiger partial charge is 0.494 e. The van der Waals surface area contributed by atoms with Crippen LogP contribution in [0.25, 0.3) is 11.4 Å². The summed E-state index contributed by atoms with van der Waals surface area (Å²) in [5.74, 6) is 0.792. The number of amides is 1. The van der Waals surface area contributed by atoms with Gasteiger partial charge in [0.1, 0.15) is 29.5 Å². The number of nitrogens with one attached hydrogen (secondary N) is 1. The second-order valence-corrected chi connectivity index (χ2v) is 7.09. The molecule has 172 valence electrons. The van der Waals surface area contributed by atoms with Gasteiger partial charge in [0, 0.05) is 24.4 Å². The maximum Gasteiger partial charge on any atom is 0.258 e. The third kappa shape index (κ3) is 5.32. The van der Waals surface area contributed by atoms with Gasteiger partial charge in [-0.1, -0.05) is 13.0 Å². The molecule has 0 aliphatic rings. The molecule has 2 aromatic heterocycles.